The van der Waals surface area contributed by atoms with Gasteiger partial charge < -0.3 is 19.6 Å². The van der Waals surface area contributed by atoms with Crippen LogP contribution in [0.5, 0.6) is 0 Å². The van der Waals surface area contributed by atoms with Crippen molar-refractivity contribution in [2.45, 2.75) is 13.0 Å². The molecule has 0 bridgehead atoms. The van der Waals surface area contributed by atoms with Crippen molar-refractivity contribution in [2.24, 2.45) is 0 Å². The topological polar surface area (TPSA) is 59.0 Å². The van der Waals surface area contributed by atoms with Crippen molar-refractivity contribution in [2.75, 3.05) is 20.3 Å². The maximum Gasteiger partial charge on any atom is 0.221 e. The summed E-state index contributed by atoms with van der Waals surface area (Å²) in [7, 11) is 1.60. The second-order valence-electron chi connectivity index (χ2n) is 4.31. The molecule has 108 valence electrons. The number of hydrogen-bond acceptors (Lipinski definition) is 3. The van der Waals surface area contributed by atoms with Crippen molar-refractivity contribution in [3.63, 3.8) is 0 Å². The first-order valence-corrected chi connectivity index (χ1v) is 7.04. The van der Waals surface area contributed by atoms with E-state index in [2.05, 4.69) is 10.3 Å². The number of nitrogens with one attached hydrogen (secondary N) is 2. The molecule has 0 atom stereocenters. The van der Waals surface area contributed by atoms with Crippen LogP contribution < -0.4 is 5.32 Å². The highest BCUT2D eigenvalue weighted by Gasteiger charge is 2.08. The number of fused-ring (bicyclic) bond motifs is 1. The molecule has 1 heterocycles. The molecule has 1 amide bonds. The number of para-hydroxylation sites is 1. The molecule has 2 N–H and O–H groups in total. The van der Waals surface area contributed by atoms with E-state index < -0.39 is 0 Å². The molecule has 5 nitrogen and oxygen atoms in total. The minimum Gasteiger partial charge on any atom is -0.383 e. The fraction of sp³-hybridized carbons (Fsp3) is 0.385. The predicted molar refractivity (Wildman–Crippen MR) is 81.6 cm³/mol. The van der Waals surface area contributed by atoms with Crippen LogP contribution in [-0.4, -0.2) is 35.7 Å². The number of nitrogens with zero attached hydrogens (tertiary/aromatic N) is 1. The molecule has 1 aromatic heterocycles. The SMILES string of the molecule is COCCNC(=O)CCn1c(=S)[nH]c2c(Cl)cccc21. The molecule has 2 aromatic rings. The third kappa shape index (κ3) is 3.39. The Balaban J connectivity index is 2.07. The smallest absolute Gasteiger partial charge is 0.221 e. The van der Waals surface area contributed by atoms with Crippen molar-refractivity contribution < 1.29 is 9.53 Å². The summed E-state index contributed by atoms with van der Waals surface area (Å²) >= 11 is 11.4. The average molecular weight is 314 g/mol. The Kier molecular flexibility index (Phi) is 5.17. The van der Waals surface area contributed by atoms with E-state index in [9.17, 15) is 4.79 Å². The molecule has 0 aliphatic rings. The molecule has 0 saturated carbocycles. The molecule has 7 heteroatoms. The lowest BCUT2D eigenvalue weighted by Crippen LogP contribution is -2.27. The highest BCUT2D eigenvalue weighted by molar-refractivity contribution is 7.71. The van der Waals surface area contributed by atoms with Crippen LogP contribution in [0.25, 0.3) is 11.0 Å². The fourth-order valence-corrected chi connectivity index (χ4v) is 2.47. The van der Waals surface area contributed by atoms with Gasteiger partial charge in [-0.05, 0) is 24.4 Å². The van der Waals surface area contributed by atoms with E-state index >= 15 is 0 Å². The van der Waals surface area contributed by atoms with Gasteiger partial charge in [0.25, 0.3) is 0 Å². The highest BCUT2D eigenvalue weighted by Crippen LogP contribution is 2.22. The first-order valence-electron chi connectivity index (χ1n) is 6.26. The van der Waals surface area contributed by atoms with Gasteiger partial charge in [-0.3, -0.25) is 4.79 Å². The summed E-state index contributed by atoms with van der Waals surface area (Å²) in [5, 5.41) is 3.40. The van der Waals surface area contributed by atoms with E-state index in [-0.39, 0.29) is 5.91 Å². The minimum atomic E-state index is -0.0275. The zero-order valence-electron chi connectivity index (χ0n) is 11.1. The van der Waals surface area contributed by atoms with Gasteiger partial charge in [-0.2, -0.15) is 0 Å². The number of rotatable bonds is 6. The molecule has 2 rings (SSSR count). The van der Waals surface area contributed by atoms with Gasteiger partial charge in [-0.25, -0.2) is 0 Å². The number of methoxy groups -OCH3 is 1. The molecular weight excluding hydrogens is 298 g/mol. The van der Waals surface area contributed by atoms with Crippen LogP contribution in [0.3, 0.4) is 0 Å². The summed E-state index contributed by atoms with van der Waals surface area (Å²) in [6, 6.07) is 5.59. The van der Waals surface area contributed by atoms with Crippen LogP contribution >= 0.6 is 23.8 Å². The molecule has 0 spiro atoms. The van der Waals surface area contributed by atoms with E-state index in [0.29, 0.717) is 35.9 Å². The molecule has 20 heavy (non-hydrogen) atoms. The van der Waals surface area contributed by atoms with Gasteiger partial charge in [0.1, 0.15) is 0 Å². The monoisotopic (exact) mass is 313 g/mol. The Morgan fingerprint density at radius 3 is 3.10 bits per heavy atom. The first-order chi connectivity index (χ1) is 9.63. The van der Waals surface area contributed by atoms with Crippen LogP contribution in [0, 0.1) is 4.77 Å². The summed E-state index contributed by atoms with van der Waals surface area (Å²) in [6.07, 6.45) is 0.359. The largest absolute Gasteiger partial charge is 0.383 e. The lowest BCUT2D eigenvalue weighted by molar-refractivity contribution is -0.121. The number of H-pyrrole nitrogens is 1. The minimum absolute atomic E-state index is 0.0275. The number of aromatic nitrogens is 2. The number of amides is 1. The van der Waals surface area contributed by atoms with Gasteiger partial charge in [0.2, 0.25) is 5.91 Å². The standard InChI is InChI=1S/C13H16ClN3O2S/c1-19-8-6-15-11(18)5-7-17-10-4-2-3-9(14)12(10)16-13(17)20/h2-4H,5-8H2,1H3,(H,15,18)(H,16,20). The number of aromatic amines is 1. The van der Waals surface area contributed by atoms with E-state index in [1.165, 1.54) is 0 Å². The Morgan fingerprint density at radius 1 is 1.55 bits per heavy atom. The second kappa shape index (κ2) is 6.88. The number of ether oxygens (including phenoxy) is 1. The van der Waals surface area contributed by atoms with Crippen molar-refractivity contribution in [3.05, 3.63) is 28.0 Å². The van der Waals surface area contributed by atoms with E-state index in [4.69, 9.17) is 28.6 Å². The molecule has 1 aromatic carbocycles. The first kappa shape index (κ1) is 15.0. The van der Waals surface area contributed by atoms with Crippen LogP contribution in [0.4, 0.5) is 0 Å². The van der Waals surface area contributed by atoms with Gasteiger partial charge >= 0.3 is 0 Å². The van der Waals surface area contributed by atoms with E-state index in [1.807, 2.05) is 16.7 Å². The molecular formula is C13H16ClN3O2S. The van der Waals surface area contributed by atoms with Crippen molar-refractivity contribution in [1.29, 1.82) is 0 Å². The predicted octanol–water partition coefficient (Wildman–Crippen LogP) is 2.50. The van der Waals surface area contributed by atoms with Crippen LogP contribution in [0.15, 0.2) is 18.2 Å². The van der Waals surface area contributed by atoms with Crippen LogP contribution in [-0.2, 0) is 16.1 Å². The zero-order valence-corrected chi connectivity index (χ0v) is 12.7. The van der Waals surface area contributed by atoms with Crippen LogP contribution in [0.1, 0.15) is 6.42 Å². The maximum atomic E-state index is 11.7. The third-order valence-corrected chi connectivity index (χ3v) is 3.59. The number of benzene rings is 1. The Morgan fingerprint density at radius 2 is 2.35 bits per heavy atom. The Bertz CT molecular complexity index is 665. The van der Waals surface area contributed by atoms with Crippen molar-refractivity contribution in [1.82, 2.24) is 14.9 Å². The van der Waals surface area contributed by atoms with E-state index in [0.717, 1.165) is 11.0 Å². The lowest BCUT2D eigenvalue weighted by atomic mass is 10.3. The molecule has 0 unspecified atom stereocenters. The normalized spacial score (nSPS) is 10.9. The van der Waals surface area contributed by atoms with Crippen molar-refractivity contribution in [3.8, 4) is 0 Å². The van der Waals surface area contributed by atoms with Gasteiger partial charge in [-0.1, -0.05) is 17.7 Å². The van der Waals surface area contributed by atoms with Crippen molar-refractivity contribution >= 4 is 40.8 Å². The third-order valence-electron chi connectivity index (χ3n) is 2.95. The van der Waals surface area contributed by atoms with Crippen LogP contribution in [0.2, 0.25) is 5.02 Å². The van der Waals surface area contributed by atoms with Gasteiger partial charge in [-0.15, -0.1) is 0 Å². The summed E-state index contributed by atoms with van der Waals surface area (Å²) in [5.41, 5.74) is 1.71. The molecule has 0 radical (unpaired) electrons. The summed E-state index contributed by atoms with van der Waals surface area (Å²) < 4.78 is 7.33. The zero-order chi connectivity index (χ0) is 14.5. The molecule has 0 saturated heterocycles. The molecule has 0 aliphatic carbocycles. The number of carbonyl (C=O) groups excluding carboxylic acids is 1. The molecule has 0 fully saturated rings. The number of imidazole rings is 1. The molecule has 0 aliphatic heterocycles. The fourth-order valence-electron chi connectivity index (χ4n) is 1.96. The average Bonchev–Trinajstić information content (AvgIpc) is 2.74. The number of hydrogen-bond donors (Lipinski definition) is 2. The second-order valence-corrected chi connectivity index (χ2v) is 5.10. The van der Waals surface area contributed by atoms with Gasteiger partial charge in [0.15, 0.2) is 4.77 Å². The van der Waals surface area contributed by atoms with E-state index in [1.54, 1.807) is 13.2 Å². The quantitative estimate of drug-likeness (QED) is 0.636. The lowest BCUT2D eigenvalue weighted by Gasteiger charge is -2.06. The van der Waals surface area contributed by atoms with Gasteiger partial charge in [0, 0.05) is 26.6 Å². The Labute approximate surface area is 126 Å². The summed E-state index contributed by atoms with van der Waals surface area (Å²) in [5.74, 6) is -0.0275. The summed E-state index contributed by atoms with van der Waals surface area (Å²) in [6.45, 7) is 1.53. The highest BCUT2D eigenvalue weighted by atomic mass is 35.5. The Hall–Kier alpha value is -1.37. The summed E-state index contributed by atoms with van der Waals surface area (Å²) in [4.78, 5) is 14.7. The van der Waals surface area contributed by atoms with Gasteiger partial charge in [0.05, 0.1) is 22.7 Å². The number of halogens is 1. The maximum absolute atomic E-state index is 11.7. The number of carbonyl (C=O) groups is 1. The number of aryl methyl sites for hydroxylation is 1.